The van der Waals surface area contributed by atoms with Gasteiger partial charge in [0.05, 0.1) is 5.92 Å². The highest BCUT2D eigenvalue weighted by Gasteiger charge is 2.16. The number of hydrogen-bond donors (Lipinski definition) is 2. The zero-order valence-electron chi connectivity index (χ0n) is 7.42. The number of carbonyl (C=O) groups excluding carboxylic acids is 1. The van der Waals surface area contributed by atoms with E-state index in [1.807, 2.05) is 0 Å². The molecule has 1 atom stereocenters. The van der Waals surface area contributed by atoms with E-state index >= 15 is 0 Å². The van der Waals surface area contributed by atoms with E-state index in [1.165, 1.54) is 6.92 Å². The lowest BCUT2D eigenvalue weighted by Gasteiger charge is -2.08. The molecule has 0 spiro atoms. The van der Waals surface area contributed by atoms with Crippen LogP contribution in [0.25, 0.3) is 0 Å². The Morgan fingerprint density at radius 1 is 1.43 bits per heavy atom. The van der Waals surface area contributed by atoms with Gasteiger partial charge in [0.1, 0.15) is 0 Å². The lowest BCUT2D eigenvalue weighted by Crippen LogP contribution is -2.19. The van der Waals surface area contributed by atoms with Gasteiger partial charge in [0, 0.05) is 0 Å². The van der Waals surface area contributed by atoms with Crippen LogP contribution < -0.4 is 5.73 Å². The summed E-state index contributed by atoms with van der Waals surface area (Å²) in [5.74, 6) is -4.74. The fourth-order valence-electron chi connectivity index (χ4n) is 0.999. The molecule has 1 aromatic carbocycles. The molecule has 0 saturated carbocycles. The van der Waals surface area contributed by atoms with Crippen molar-refractivity contribution in [1.82, 2.24) is 0 Å². The smallest absolute Gasteiger partial charge is 0.224 e. The maximum atomic E-state index is 12.8. The number of phenols is 1. The topological polar surface area (TPSA) is 63.3 Å². The van der Waals surface area contributed by atoms with Crippen molar-refractivity contribution in [2.75, 3.05) is 0 Å². The Hall–Kier alpha value is -1.65. The first-order chi connectivity index (χ1) is 6.43. The van der Waals surface area contributed by atoms with E-state index in [9.17, 15) is 13.6 Å². The van der Waals surface area contributed by atoms with Crippen molar-refractivity contribution in [3.63, 3.8) is 0 Å². The predicted octanol–water partition coefficient (Wildman–Crippen LogP) is 1.26. The van der Waals surface area contributed by atoms with Gasteiger partial charge in [-0.15, -0.1) is 0 Å². The standard InChI is InChI=1S/C9H9F2NO2/c1-4(9(12)14)5-2-6(10)8(13)7(11)3-5/h2-4,13H,1H3,(H2,12,14). The van der Waals surface area contributed by atoms with Crippen LogP contribution in [0.4, 0.5) is 8.78 Å². The summed E-state index contributed by atoms with van der Waals surface area (Å²) in [6, 6.07) is 1.77. The van der Waals surface area contributed by atoms with Crippen LogP contribution >= 0.6 is 0 Å². The second kappa shape index (κ2) is 3.61. The van der Waals surface area contributed by atoms with Crippen molar-refractivity contribution in [2.24, 2.45) is 5.73 Å². The largest absolute Gasteiger partial charge is 0.503 e. The summed E-state index contributed by atoms with van der Waals surface area (Å²) in [4.78, 5) is 10.7. The fraction of sp³-hybridized carbons (Fsp3) is 0.222. The third-order valence-electron chi connectivity index (χ3n) is 1.97. The summed E-state index contributed by atoms with van der Waals surface area (Å²) in [6.07, 6.45) is 0. The molecule has 0 aromatic heterocycles. The van der Waals surface area contributed by atoms with E-state index in [4.69, 9.17) is 10.8 Å². The van der Waals surface area contributed by atoms with Crippen LogP contribution in [0.3, 0.4) is 0 Å². The molecule has 0 radical (unpaired) electrons. The highest BCUT2D eigenvalue weighted by atomic mass is 19.1. The van der Waals surface area contributed by atoms with Crippen molar-refractivity contribution < 1.29 is 18.7 Å². The number of amides is 1. The number of rotatable bonds is 2. The van der Waals surface area contributed by atoms with Crippen LogP contribution in [0.15, 0.2) is 12.1 Å². The van der Waals surface area contributed by atoms with E-state index in [-0.39, 0.29) is 5.56 Å². The minimum atomic E-state index is -1.10. The van der Waals surface area contributed by atoms with E-state index in [2.05, 4.69) is 0 Å². The molecule has 0 heterocycles. The number of hydrogen-bond acceptors (Lipinski definition) is 2. The number of nitrogens with two attached hydrogens (primary N) is 1. The van der Waals surface area contributed by atoms with Crippen molar-refractivity contribution >= 4 is 5.91 Å². The minimum Gasteiger partial charge on any atom is -0.503 e. The molecular formula is C9H9F2NO2. The van der Waals surface area contributed by atoms with Crippen LogP contribution in [-0.2, 0) is 4.79 Å². The van der Waals surface area contributed by atoms with Crippen LogP contribution in [0.2, 0.25) is 0 Å². The molecule has 76 valence electrons. The maximum absolute atomic E-state index is 12.8. The number of phenolic OH excluding ortho intramolecular Hbond substituents is 1. The van der Waals surface area contributed by atoms with Gasteiger partial charge in [-0.3, -0.25) is 4.79 Å². The van der Waals surface area contributed by atoms with Crippen LogP contribution in [0.1, 0.15) is 18.4 Å². The van der Waals surface area contributed by atoms with E-state index in [1.54, 1.807) is 0 Å². The van der Waals surface area contributed by atoms with Gasteiger partial charge in [0.25, 0.3) is 0 Å². The number of halogens is 2. The Morgan fingerprint density at radius 3 is 2.21 bits per heavy atom. The molecule has 1 aromatic rings. The van der Waals surface area contributed by atoms with Crippen LogP contribution in [-0.4, -0.2) is 11.0 Å². The van der Waals surface area contributed by atoms with Crippen molar-refractivity contribution in [1.29, 1.82) is 0 Å². The lowest BCUT2D eigenvalue weighted by molar-refractivity contribution is -0.119. The molecule has 14 heavy (non-hydrogen) atoms. The van der Waals surface area contributed by atoms with Gasteiger partial charge in [-0.2, -0.15) is 0 Å². The molecule has 0 aliphatic heterocycles. The summed E-state index contributed by atoms with van der Waals surface area (Å²) in [5.41, 5.74) is 5.06. The van der Waals surface area contributed by atoms with Crippen LogP contribution in [0, 0.1) is 11.6 Å². The molecule has 3 N–H and O–H groups in total. The summed E-state index contributed by atoms with van der Waals surface area (Å²) in [5, 5.41) is 8.78. The van der Waals surface area contributed by atoms with Crippen molar-refractivity contribution in [3.8, 4) is 5.75 Å². The lowest BCUT2D eigenvalue weighted by atomic mass is 10.0. The van der Waals surface area contributed by atoms with Crippen molar-refractivity contribution in [3.05, 3.63) is 29.3 Å². The summed E-state index contributed by atoms with van der Waals surface area (Å²) < 4.78 is 25.6. The Balaban J connectivity index is 3.19. The molecule has 5 heteroatoms. The SMILES string of the molecule is CC(C(N)=O)c1cc(F)c(O)c(F)c1. The molecule has 3 nitrogen and oxygen atoms in total. The average molecular weight is 201 g/mol. The van der Waals surface area contributed by atoms with Gasteiger partial charge < -0.3 is 10.8 Å². The molecule has 1 unspecified atom stereocenters. The molecular weight excluding hydrogens is 192 g/mol. The molecule has 0 fully saturated rings. The number of primary amides is 1. The molecule has 0 saturated heterocycles. The molecule has 0 aliphatic carbocycles. The number of carbonyl (C=O) groups is 1. The summed E-state index contributed by atoms with van der Waals surface area (Å²) in [7, 11) is 0. The zero-order valence-corrected chi connectivity index (χ0v) is 7.42. The van der Waals surface area contributed by atoms with Gasteiger partial charge in [0.2, 0.25) is 5.91 Å². The molecule has 0 bridgehead atoms. The van der Waals surface area contributed by atoms with Gasteiger partial charge in [-0.1, -0.05) is 0 Å². The zero-order chi connectivity index (χ0) is 10.9. The van der Waals surface area contributed by atoms with E-state index in [0.717, 1.165) is 12.1 Å². The molecule has 0 aliphatic rings. The molecule has 1 amide bonds. The second-order valence-corrected chi connectivity index (χ2v) is 2.96. The Kier molecular flexibility index (Phi) is 2.69. The minimum absolute atomic E-state index is 0.102. The highest BCUT2D eigenvalue weighted by molar-refractivity contribution is 5.81. The van der Waals surface area contributed by atoms with Gasteiger partial charge >= 0.3 is 0 Å². The van der Waals surface area contributed by atoms with Crippen LogP contribution in [0.5, 0.6) is 5.75 Å². The third kappa shape index (κ3) is 1.81. The maximum Gasteiger partial charge on any atom is 0.224 e. The predicted molar refractivity (Wildman–Crippen MR) is 45.6 cm³/mol. The van der Waals surface area contributed by atoms with Gasteiger partial charge in [-0.25, -0.2) is 8.78 Å². The Bertz CT molecular complexity index is 356. The third-order valence-corrected chi connectivity index (χ3v) is 1.97. The van der Waals surface area contributed by atoms with Crippen molar-refractivity contribution in [2.45, 2.75) is 12.8 Å². The van der Waals surface area contributed by atoms with E-state index in [0.29, 0.717) is 0 Å². The van der Waals surface area contributed by atoms with Gasteiger partial charge in [0.15, 0.2) is 17.4 Å². The quantitative estimate of drug-likeness (QED) is 0.756. The monoisotopic (exact) mass is 201 g/mol. The van der Waals surface area contributed by atoms with Gasteiger partial charge in [-0.05, 0) is 24.6 Å². The summed E-state index contributed by atoms with van der Waals surface area (Å²) >= 11 is 0. The van der Waals surface area contributed by atoms with E-state index < -0.39 is 29.2 Å². The average Bonchev–Trinajstić information content (AvgIpc) is 2.12. The fourth-order valence-corrected chi connectivity index (χ4v) is 0.999. The normalized spacial score (nSPS) is 12.5. The first kappa shape index (κ1) is 10.4. The first-order valence-electron chi connectivity index (χ1n) is 3.90. The Labute approximate surface area is 79.2 Å². The number of aromatic hydroxyl groups is 1. The summed E-state index contributed by atoms with van der Waals surface area (Å²) in [6.45, 7) is 1.42. The number of benzene rings is 1. The highest BCUT2D eigenvalue weighted by Crippen LogP contribution is 2.25. The molecule has 1 rings (SSSR count). The second-order valence-electron chi connectivity index (χ2n) is 2.96. The first-order valence-corrected chi connectivity index (χ1v) is 3.90. The Morgan fingerprint density at radius 2 is 1.86 bits per heavy atom.